The monoisotopic (exact) mass is 445 g/mol. The van der Waals surface area contributed by atoms with E-state index in [1.165, 1.54) is 17.3 Å². The van der Waals surface area contributed by atoms with Crippen molar-refractivity contribution < 1.29 is 9.53 Å². The molecule has 0 radical (unpaired) electrons. The summed E-state index contributed by atoms with van der Waals surface area (Å²) in [5.74, 6) is 0.671. The average molecular weight is 446 g/mol. The van der Waals surface area contributed by atoms with Crippen LogP contribution < -0.4 is 4.74 Å². The first-order valence-electron chi connectivity index (χ1n) is 10.1. The van der Waals surface area contributed by atoms with Gasteiger partial charge in [0.2, 0.25) is 0 Å². The van der Waals surface area contributed by atoms with Gasteiger partial charge in [0.05, 0.1) is 10.9 Å². The molecule has 0 saturated carbocycles. The Kier molecular flexibility index (Phi) is 6.54. The van der Waals surface area contributed by atoms with Crippen LogP contribution in [0.5, 0.6) is 5.75 Å². The molecule has 3 aromatic carbocycles. The second-order valence-electron chi connectivity index (χ2n) is 7.45. The summed E-state index contributed by atoms with van der Waals surface area (Å²) in [4.78, 5) is 15.5. The zero-order valence-electron chi connectivity index (χ0n) is 17.4. The first-order valence-corrected chi connectivity index (χ1v) is 11.3. The third-order valence-electron chi connectivity index (χ3n) is 5.21. The normalized spacial score (nSPS) is 16.1. The summed E-state index contributed by atoms with van der Waals surface area (Å²) in [5.41, 5.74) is 4.24. The number of carbonyl (C=O) groups excluding carboxylic acids is 1. The predicted molar refractivity (Wildman–Crippen MR) is 132 cm³/mol. The topological polar surface area (TPSA) is 29.5 Å². The maximum atomic E-state index is 13.2. The number of hydrogen-bond donors (Lipinski definition) is 0. The predicted octanol–water partition coefficient (Wildman–Crippen LogP) is 6.54. The third-order valence-corrected chi connectivity index (χ3v) is 6.54. The summed E-state index contributed by atoms with van der Waals surface area (Å²) < 4.78 is 6.64. The number of rotatable bonds is 6. The lowest BCUT2D eigenvalue weighted by molar-refractivity contribution is -0.123. The molecule has 0 spiro atoms. The Morgan fingerprint density at radius 3 is 2.42 bits per heavy atom. The Morgan fingerprint density at radius 1 is 1.00 bits per heavy atom. The van der Waals surface area contributed by atoms with Gasteiger partial charge in [-0.1, -0.05) is 102 Å². The smallest absolute Gasteiger partial charge is 0.266 e. The average Bonchev–Trinajstić information content (AvgIpc) is 3.07. The number of benzene rings is 3. The minimum absolute atomic E-state index is 0.0697. The molecular weight excluding hydrogens is 422 g/mol. The number of ether oxygens (including phenoxy) is 1. The number of nitrogens with zero attached hydrogens (tertiary/aromatic N) is 1. The van der Waals surface area contributed by atoms with Crippen molar-refractivity contribution in [2.75, 3.05) is 0 Å². The quantitative estimate of drug-likeness (QED) is 0.318. The molecule has 1 aliphatic rings. The largest absolute Gasteiger partial charge is 0.488 e. The van der Waals surface area contributed by atoms with Crippen molar-refractivity contribution >= 4 is 40.3 Å². The van der Waals surface area contributed by atoms with Crippen LogP contribution in [0.15, 0.2) is 83.8 Å². The molecule has 31 heavy (non-hydrogen) atoms. The number of aryl methyl sites for hydroxylation is 1. The van der Waals surface area contributed by atoms with Crippen LogP contribution in [0.2, 0.25) is 0 Å². The van der Waals surface area contributed by atoms with E-state index in [2.05, 4.69) is 31.2 Å². The van der Waals surface area contributed by atoms with Crippen molar-refractivity contribution in [3.63, 3.8) is 0 Å². The van der Waals surface area contributed by atoms with Crippen molar-refractivity contribution in [3.8, 4) is 5.75 Å². The van der Waals surface area contributed by atoms with Gasteiger partial charge in [0, 0.05) is 5.56 Å². The highest BCUT2D eigenvalue weighted by Gasteiger charge is 2.36. The summed E-state index contributed by atoms with van der Waals surface area (Å²) >= 11 is 6.88. The highest BCUT2D eigenvalue weighted by molar-refractivity contribution is 8.26. The van der Waals surface area contributed by atoms with Crippen LogP contribution in [-0.4, -0.2) is 15.1 Å². The molecule has 1 saturated heterocycles. The standard InChI is InChI=1S/C26H23NO2S2/c1-18-12-14-20(15-13-18)17-29-23-11-7-6-10-22(23)16-24-25(28)27(26(30)31-24)19(2)21-8-4-3-5-9-21/h3-16,19H,17H2,1-2H3/b24-16-/t19-/m0/s1. The van der Waals surface area contributed by atoms with Gasteiger partial charge in [0.1, 0.15) is 16.7 Å². The van der Waals surface area contributed by atoms with Crippen LogP contribution in [-0.2, 0) is 11.4 Å². The van der Waals surface area contributed by atoms with Gasteiger partial charge in [0.25, 0.3) is 5.91 Å². The van der Waals surface area contributed by atoms with E-state index in [-0.39, 0.29) is 11.9 Å². The minimum atomic E-state index is -0.118. The van der Waals surface area contributed by atoms with Gasteiger partial charge in [-0.2, -0.15) is 0 Å². The third kappa shape index (κ3) is 4.89. The fraction of sp³-hybridized carbons (Fsp3) is 0.154. The molecule has 1 atom stereocenters. The molecule has 0 bridgehead atoms. The Morgan fingerprint density at radius 2 is 1.68 bits per heavy atom. The van der Waals surface area contributed by atoms with E-state index in [0.717, 1.165) is 22.4 Å². The van der Waals surface area contributed by atoms with Crippen molar-refractivity contribution in [1.29, 1.82) is 0 Å². The van der Waals surface area contributed by atoms with E-state index < -0.39 is 0 Å². The fourth-order valence-electron chi connectivity index (χ4n) is 3.41. The lowest BCUT2D eigenvalue weighted by Gasteiger charge is -2.23. The molecule has 3 nitrogen and oxygen atoms in total. The molecular formula is C26H23NO2S2. The molecule has 0 N–H and O–H groups in total. The van der Waals surface area contributed by atoms with Crippen LogP contribution in [0.25, 0.3) is 6.08 Å². The lowest BCUT2D eigenvalue weighted by atomic mass is 10.1. The van der Waals surface area contributed by atoms with E-state index in [0.29, 0.717) is 15.8 Å². The summed E-state index contributed by atoms with van der Waals surface area (Å²) in [7, 11) is 0. The Hall–Kier alpha value is -2.89. The van der Waals surface area contributed by atoms with Gasteiger partial charge < -0.3 is 4.74 Å². The number of para-hydroxylation sites is 1. The van der Waals surface area contributed by atoms with Gasteiger partial charge in [-0.05, 0) is 37.1 Å². The minimum Gasteiger partial charge on any atom is -0.488 e. The number of carbonyl (C=O) groups is 1. The van der Waals surface area contributed by atoms with Gasteiger partial charge in [0.15, 0.2) is 0 Å². The Bertz CT molecular complexity index is 1120. The van der Waals surface area contributed by atoms with Crippen LogP contribution >= 0.6 is 24.0 Å². The van der Waals surface area contributed by atoms with Crippen LogP contribution in [0.1, 0.15) is 35.2 Å². The summed E-state index contributed by atoms with van der Waals surface area (Å²) in [6, 6.07) is 25.9. The number of hydrogen-bond acceptors (Lipinski definition) is 4. The van der Waals surface area contributed by atoms with Crippen LogP contribution in [0.3, 0.4) is 0 Å². The lowest BCUT2D eigenvalue weighted by Crippen LogP contribution is -2.30. The van der Waals surface area contributed by atoms with E-state index in [9.17, 15) is 4.79 Å². The molecule has 3 aromatic rings. The molecule has 1 amide bonds. The van der Waals surface area contributed by atoms with Crippen molar-refractivity contribution in [2.24, 2.45) is 0 Å². The number of thioether (sulfide) groups is 1. The number of amides is 1. The molecule has 1 fully saturated rings. The summed E-state index contributed by atoms with van der Waals surface area (Å²) in [5, 5.41) is 0. The van der Waals surface area contributed by atoms with Crippen LogP contribution in [0.4, 0.5) is 0 Å². The number of thiocarbonyl (C=S) groups is 1. The maximum absolute atomic E-state index is 13.2. The molecule has 5 heteroatoms. The molecule has 0 unspecified atom stereocenters. The van der Waals surface area contributed by atoms with E-state index in [1.54, 1.807) is 4.90 Å². The molecule has 0 aromatic heterocycles. The zero-order valence-corrected chi connectivity index (χ0v) is 19.1. The molecule has 0 aliphatic carbocycles. The van der Waals surface area contributed by atoms with Gasteiger partial charge in [-0.15, -0.1) is 0 Å². The highest BCUT2D eigenvalue weighted by atomic mass is 32.2. The zero-order chi connectivity index (χ0) is 21.8. The van der Waals surface area contributed by atoms with Gasteiger partial charge in [-0.25, -0.2) is 0 Å². The SMILES string of the molecule is Cc1ccc(COc2ccccc2/C=C2\SC(=S)N([C@@H](C)c3ccccc3)C2=O)cc1. The molecule has 156 valence electrons. The molecule has 4 rings (SSSR count). The molecule has 1 heterocycles. The Balaban J connectivity index is 1.54. The maximum Gasteiger partial charge on any atom is 0.266 e. The second kappa shape index (κ2) is 9.50. The second-order valence-corrected chi connectivity index (χ2v) is 9.13. The van der Waals surface area contributed by atoms with Crippen molar-refractivity contribution in [1.82, 2.24) is 4.90 Å². The van der Waals surface area contributed by atoms with Crippen molar-refractivity contribution in [2.45, 2.75) is 26.5 Å². The fourth-order valence-corrected chi connectivity index (χ4v) is 4.82. The Labute approximate surface area is 192 Å². The van der Waals surface area contributed by atoms with Gasteiger partial charge >= 0.3 is 0 Å². The first-order chi connectivity index (χ1) is 15.0. The molecule has 1 aliphatic heterocycles. The van der Waals surface area contributed by atoms with Crippen LogP contribution in [0, 0.1) is 6.92 Å². The van der Waals surface area contributed by atoms with E-state index >= 15 is 0 Å². The first kappa shape index (κ1) is 21.3. The van der Waals surface area contributed by atoms with E-state index in [1.807, 2.05) is 67.6 Å². The van der Waals surface area contributed by atoms with Crippen molar-refractivity contribution in [3.05, 3.63) is 106 Å². The highest BCUT2D eigenvalue weighted by Crippen LogP contribution is 2.38. The van der Waals surface area contributed by atoms with E-state index in [4.69, 9.17) is 17.0 Å². The van der Waals surface area contributed by atoms with Gasteiger partial charge in [-0.3, -0.25) is 9.69 Å². The summed E-state index contributed by atoms with van der Waals surface area (Å²) in [6.45, 7) is 4.54. The summed E-state index contributed by atoms with van der Waals surface area (Å²) in [6.07, 6.45) is 1.88.